The Hall–Kier alpha value is -3.66. The van der Waals surface area contributed by atoms with Crippen molar-refractivity contribution in [3.05, 3.63) is 60.2 Å². The predicted molar refractivity (Wildman–Crippen MR) is 158 cm³/mol. The van der Waals surface area contributed by atoms with E-state index in [1.165, 1.54) is 23.1 Å². The Morgan fingerprint density at radius 3 is 2.42 bits per heavy atom. The van der Waals surface area contributed by atoms with E-state index in [-0.39, 0.29) is 35.9 Å². The van der Waals surface area contributed by atoms with Crippen LogP contribution in [0.25, 0.3) is 0 Å². The van der Waals surface area contributed by atoms with Crippen LogP contribution in [0.3, 0.4) is 0 Å². The third kappa shape index (κ3) is 5.63. The van der Waals surface area contributed by atoms with Gasteiger partial charge in [-0.1, -0.05) is 61.4 Å². The molecule has 1 unspecified atom stereocenters. The average Bonchev–Trinajstić information content (AvgIpc) is 3.33. The van der Waals surface area contributed by atoms with E-state index in [9.17, 15) is 14.4 Å². The van der Waals surface area contributed by atoms with Gasteiger partial charge in [0.2, 0.25) is 11.8 Å². The van der Waals surface area contributed by atoms with Gasteiger partial charge in [-0.3, -0.25) is 19.4 Å². The van der Waals surface area contributed by atoms with Gasteiger partial charge in [0, 0.05) is 43.5 Å². The summed E-state index contributed by atoms with van der Waals surface area (Å²) < 4.78 is 0. The molecule has 40 heavy (non-hydrogen) atoms. The van der Waals surface area contributed by atoms with Gasteiger partial charge in [0.05, 0.1) is 17.9 Å². The SMILES string of the molecule is O=C(CSC1=Nc2ccccc2C2=NC(CC(=O)N3CCN(c4ccccc4)CC3)C(=O)N12)NC1CCCCC1. The Morgan fingerprint density at radius 1 is 0.925 bits per heavy atom. The quantitative estimate of drug-likeness (QED) is 0.585. The van der Waals surface area contributed by atoms with Gasteiger partial charge < -0.3 is 15.1 Å². The van der Waals surface area contributed by atoms with Gasteiger partial charge in [-0.05, 0) is 37.1 Å². The number of rotatable bonds is 6. The highest BCUT2D eigenvalue weighted by Gasteiger charge is 2.42. The van der Waals surface area contributed by atoms with Crippen molar-refractivity contribution < 1.29 is 14.4 Å². The van der Waals surface area contributed by atoms with Gasteiger partial charge >= 0.3 is 0 Å². The number of para-hydroxylation sites is 2. The van der Waals surface area contributed by atoms with Gasteiger partial charge in [-0.25, -0.2) is 9.89 Å². The molecule has 0 spiro atoms. The molecule has 1 atom stereocenters. The van der Waals surface area contributed by atoms with E-state index >= 15 is 0 Å². The molecular weight excluding hydrogens is 524 g/mol. The minimum absolute atomic E-state index is 0.0203. The van der Waals surface area contributed by atoms with Crippen molar-refractivity contribution >= 4 is 51.9 Å². The zero-order valence-corrected chi connectivity index (χ0v) is 23.3. The third-order valence-electron chi connectivity index (χ3n) is 7.97. The lowest BCUT2D eigenvalue weighted by molar-refractivity contribution is -0.135. The zero-order valence-electron chi connectivity index (χ0n) is 22.5. The predicted octanol–water partition coefficient (Wildman–Crippen LogP) is 3.57. The molecular formula is C30H34N6O3S. The topological polar surface area (TPSA) is 97.7 Å². The summed E-state index contributed by atoms with van der Waals surface area (Å²) in [5, 5.41) is 3.57. The Labute approximate surface area is 238 Å². The number of carbonyl (C=O) groups is 3. The molecule has 3 aliphatic heterocycles. The Kier molecular flexibility index (Phi) is 7.86. The number of hydrogen-bond acceptors (Lipinski definition) is 7. The molecule has 0 bridgehead atoms. The van der Waals surface area contributed by atoms with Crippen LogP contribution in [-0.4, -0.2) is 82.5 Å². The second kappa shape index (κ2) is 11.8. The highest BCUT2D eigenvalue weighted by molar-refractivity contribution is 8.14. The van der Waals surface area contributed by atoms with E-state index in [0.29, 0.717) is 29.8 Å². The van der Waals surface area contributed by atoms with E-state index < -0.39 is 6.04 Å². The molecule has 2 fully saturated rings. The molecule has 0 aromatic heterocycles. The molecule has 1 saturated carbocycles. The van der Waals surface area contributed by atoms with Crippen molar-refractivity contribution in [2.24, 2.45) is 9.98 Å². The third-order valence-corrected chi connectivity index (χ3v) is 8.91. The van der Waals surface area contributed by atoms with Crippen LogP contribution in [0.1, 0.15) is 44.1 Å². The molecule has 208 valence electrons. The molecule has 2 aromatic rings. The molecule has 1 N–H and O–H groups in total. The van der Waals surface area contributed by atoms with E-state index in [1.807, 2.05) is 47.4 Å². The summed E-state index contributed by atoms with van der Waals surface area (Å²) in [6.45, 7) is 2.71. The maximum Gasteiger partial charge on any atom is 0.259 e. The molecule has 3 amide bonds. The number of thioether (sulfide) groups is 1. The number of nitrogens with zero attached hydrogens (tertiary/aromatic N) is 5. The first-order valence-electron chi connectivity index (χ1n) is 14.2. The standard InChI is InChI=1S/C30H34N6O3S/c37-26(31-21-9-3-1-4-10-21)20-40-30-33-24-14-8-7-13-23(24)28-32-25(29(39)36(28)30)19-27(38)35-17-15-34(16-18-35)22-11-5-2-6-12-22/h2,5-8,11-14,21,25H,1,3-4,9-10,15-20H2,(H,31,37). The van der Waals surface area contributed by atoms with Crippen molar-refractivity contribution in [2.75, 3.05) is 36.8 Å². The minimum Gasteiger partial charge on any atom is -0.368 e. The Balaban J connectivity index is 1.11. The number of nitrogens with one attached hydrogen (secondary N) is 1. The van der Waals surface area contributed by atoms with Crippen molar-refractivity contribution in [3.63, 3.8) is 0 Å². The number of anilines is 1. The molecule has 3 heterocycles. The van der Waals surface area contributed by atoms with Crippen molar-refractivity contribution in [1.82, 2.24) is 15.1 Å². The van der Waals surface area contributed by atoms with Crippen LogP contribution in [0.2, 0.25) is 0 Å². The maximum absolute atomic E-state index is 13.6. The monoisotopic (exact) mass is 558 g/mol. The molecule has 10 heteroatoms. The normalized spacial score (nSPS) is 20.9. The van der Waals surface area contributed by atoms with E-state index in [4.69, 9.17) is 9.98 Å². The highest BCUT2D eigenvalue weighted by Crippen LogP contribution is 2.34. The number of aliphatic imine (C=N–C) groups is 2. The summed E-state index contributed by atoms with van der Waals surface area (Å²) in [4.78, 5) is 54.6. The summed E-state index contributed by atoms with van der Waals surface area (Å²) >= 11 is 1.25. The van der Waals surface area contributed by atoms with Gasteiger partial charge in [-0.2, -0.15) is 0 Å². The summed E-state index contributed by atoms with van der Waals surface area (Å²) in [6.07, 6.45) is 5.57. The number of fused-ring (bicyclic) bond motifs is 3. The number of carbonyl (C=O) groups excluding carboxylic acids is 3. The summed E-state index contributed by atoms with van der Waals surface area (Å²) in [5.41, 5.74) is 2.63. The lowest BCUT2D eigenvalue weighted by atomic mass is 9.95. The second-order valence-electron chi connectivity index (χ2n) is 10.7. The van der Waals surface area contributed by atoms with Crippen LogP contribution in [0.5, 0.6) is 0 Å². The van der Waals surface area contributed by atoms with Crippen LogP contribution in [0.15, 0.2) is 64.6 Å². The summed E-state index contributed by atoms with van der Waals surface area (Å²) in [6, 6.07) is 17.2. The van der Waals surface area contributed by atoms with Crippen molar-refractivity contribution in [3.8, 4) is 0 Å². The molecule has 2 aromatic carbocycles. The van der Waals surface area contributed by atoms with Crippen LogP contribution in [0.4, 0.5) is 11.4 Å². The fraction of sp³-hybridized carbons (Fsp3) is 0.433. The fourth-order valence-corrected chi connectivity index (χ4v) is 6.64. The number of amidine groups is 2. The Bertz CT molecular complexity index is 1330. The molecule has 1 aliphatic carbocycles. The minimum atomic E-state index is -0.803. The molecule has 1 saturated heterocycles. The number of piperazine rings is 1. The van der Waals surface area contributed by atoms with Crippen LogP contribution >= 0.6 is 11.8 Å². The highest BCUT2D eigenvalue weighted by atomic mass is 32.2. The van der Waals surface area contributed by atoms with Gasteiger partial charge in [-0.15, -0.1) is 0 Å². The fourth-order valence-electron chi connectivity index (χ4n) is 5.83. The number of amides is 3. The molecule has 4 aliphatic rings. The van der Waals surface area contributed by atoms with Crippen LogP contribution in [-0.2, 0) is 14.4 Å². The Morgan fingerprint density at radius 2 is 1.65 bits per heavy atom. The molecule has 6 rings (SSSR count). The van der Waals surface area contributed by atoms with Crippen LogP contribution in [0, 0.1) is 0 Å². The van der Waals surface area contributed by atoms with Gasteiger partial charge in [0.25, 0.3) is 5.91 Å². The summed E-state index contributed by atoms with van der Waals surface area (Å²) in [5.74, 6) is 0.299. The lowest BCUT2D eigenvalue weighted by Gasteiger charge is -2.36. The van der Waals surface area contributed by atoms with Gasteiger partial charge in [0.15, 0.2) is 5.17 Å². The largest absolute Gasteiger partial charge is 0.368 e. The van der Waals surface area contributed by atoms with Crippen LogP contribution < -0.4 is 10.2 Å². The first kappa shape index (κ1) is 26.6. The van der Waals surface area contributed by atoms with E-state index in [0.717, 1.165) is 50.0 Å². The average molecular weight is 559 g/mol. The van der Waals surface area contributed by atoms with Crippen molar-refractivity contribution in [2.45, 2.75) is 50.6 Å². The second-order valence-corrected chi connectivity index (χ2v) is 11.6. The van der Waals surface area contributed by atoms with Gasteiger partial charge in [0.1, 0.15) is 11.9 Å². The lowest BCUT2D eigenvalue weighted by Crippen LogP contribution is -2.50. The van der Waals surface area contributed by atoms with E-state index in [2.05, 4.69) is 22.3 Å². The first-order valence-corrected chi connectivity index (χ1v) is 15.1. The maximum atomic E-state index is 13.6. The summed E-state index contributed by atoms with van der Waals surface area (Å²) in [7, 11) is 0. The molecule has 0 radical (unpaired) electrons. The smallest absolute Gasteiger partial charge is 0.259 e. The first-order chi connectivity index (χ1) is 19.6. The van der Waals surface area contributed by atoms with Crippen molar-refractivity contribution in [1.29, 1.82) is 0 Å². The number of benzene rings is 2. The zero-order chi connectivity index (χ0) is 27.5. The number of hydrogen-bond donors (Lipinski definition) is 1. The molecule has 9 nitrogen and oxygen atoms in total. The van der Waals surface area contributed by atoms with E-state index in [1.54, 1.807) is 0 Å².